The van der Waals surface area contributed by atoms with E-state index in [1.807, 2.05) is 19.9 Å². The number of rotatable bonds is 8. The van der Waals surface area contributed by atoms with Crippen molar-refractivity contribution in [1.82, 2.24) is 0 Å². The van der Waals surface area contributed by atoms with Gasteiger partial charge < -0.3 is 5.11 Å². The Bertz CT molecular complexity index is 192. The molecule has 0 amide bonds. The quantitative estimate of drug-likeness (QED) is 0.602. The second kappa shape index (κ2) is 7.89. The normalized spacial score (nSPS) is 17.9. The summed E-state index contributed by atoms with van der Waals surface area (Å²) in [5, 5.41) is 9.80. The maximum absolute atomic E-state index is 9.80. The Kier molecular flexibility index (Phi) is 7.74. The molecule has 0 radical (unpaired) electrons. The van der Waals surface area contributed by atoms with Gasteiger partial charge >= 0.3 is 0 Å². The molecule has 0 aromatic rings. The Morgan fingerprint density at radius 3 is 2.31 bits per heavy atom. The molecule has 0 aromatic carbocycles. The van der Waals surface area contributed by atoms with Crippen LogP contribution >= 0.6 is 0 Å². The van der Waals surface area contributed by atoms with E-state index in [9.17, 15) is 5.11 Å². The monoisotopic (exact) mass is 226 g/mol. The molecule has 2 unspecified atom stereocenters. The number of hydrogen-bond acceptors (Lipinski definition) is 1. The summed E-state index contributed by atoms with van der Waals surface area (Å²) in [5.74, 6) is 1.56. The van der Waals surface area contributed by atoms with Crippen molar-refractivity contribution in [3.8, 4) is 0 Å². The van der Waals surface area contributed by atoms with Crippen LogP contribution in [0.3, 0.4) is 0 Å². The van der Waals surface area contributed by atoms with Crippen LogP contribution in [0, 0.1) is 11.8 Å². The molecule has 96 valence electrons. The van der Waals surface area contributed by atoms with Gasteiger partial charge in [0.2, 0.25) is 0 Å². The summed E-state index contributed by atoms with van der Waals surface area (Å²) in [6.45, 7) is 10.7. The maximum Gasteiger partial charge on any atom is 0.0797 e. The van der Waals surface area contributed by atoms with Crippen molar-refractivity contribution in [2.45, 2.75) is 72.3 Å². The molecule has 0 aliphatic rings. The maximum atomic E-state index is 9.80. The van der Waals surface area contributed by atoms with Crippen molar-refractivity contribution in [3.05, 3.63) is 12.2 Å². The van der Waals surface area contributed by atoms with Crippen LogP contribution in [-0.4, -0.2) is 10.7 Å². The average Bonchev–Trinajstić information content (AvgIpc) is 2.17. The van der Waals surface area contributed by atoms with Crippen molar-refractivity contribution in [2.24, 2.45) is 11.8 Å². The molecular weight excluding hydrogens is 196 g/mol. The van der Waals surface area contributed by atoms with Crippen LogP contribution in [0.1, 0.15) is 66.7 Å². The van der Waals surface area contributed by atoms with Gasteiger partial charge in [-0.2, -0.15) is 0 Å². The van der Waals surface area contributed by atoms with Crippen LogP contribution in [0.25, 0.3) is 0 Å². The van der Waals surface area contributed by atoms with E-state index in [2.05, 4.69) is 26.8 Å². The molecule has 0 heterocycles. The summed E-state index contributed by atoms with van der Waals surface area (Å²) in [6, 6.07) is 0. The van der Waals surface area contributed by atoms with Gasteiger partial charge in [0.05, 0.1) is 5.60 Å². The van der Waals surface area contributed by atoms with E-state index in [0.717, 1.165) is 24.7 Å². The first-order valence-electron chi connectivity index (χ1n) is 6.77. The Hall–Kier alpha value is -0.300. The van der Waals surface area contributed by atoms with Crippen LogP contribution in [0.15, 0.2) is 12.2 Å². The average molecular weight is 226 g/mol. The fraction of sp³-hybridized carbons (Fsp3) is 0.867. The number of hydrogen-bond donors (Lipinski definition) is 1. The minimum Gasteiger partial charge on any atom is -0.386 e. The number of aliphatic hydroxyl groups is 1. The minimum atomic E-state index is -0.613. The summed E-state index contributed by atoms with van der Waals surface area (Å²) >= 11 is 0. The van der Waals surface area contributed by atoms with Crippen LogP contribution in [0.5, 0.6) is 0 Å². The highest BCUT2D eigenvalue weighted by molar-refractivity contribution is 4.97. The summed E-state index contributed by atoms with van der Waals surface area (Å²) in [5.41, 5.74) is -0.613. The van der Waals surface area contributed by atoms with Gasteiger partial charge in [-0.1, -0.05) is 59.1 Å². The molecule has 1 heteroatoms. The Morgan fingerprint density at radius 2 is 1.81 bits per heavy atom. The van der Waals surface area contributed by atoms with E-state index in [1.165, 1.54) is 19.3 Å². The van der Waals surface area contributed by atoms with Gasteiger partial charge in [0.25, 0.3) is 0 Å². The molecule has 1 N–H and O–H groups in total. The lowest BCUT2D eigenvalue weighted by Gasteiger charge is -2.16. The zero-order valence-electron chi connectivity index (χ0n) is 11.8. The fourth-order valence-electron chi connectivity index (χ4n) is 1.66. The number of allylic oxidation sites excluding steroid dienone is 1. The van der Waals surface area contributed by atoms with Crippen LogP contribution < -0.4 is 0 Å². The molecule has 2 atom stereocenters. The topological polar surface area (TPSA) is 20.2 Å². The van der Waals surface area contributed by atoms with Crippen molar-refractivity contribution in [1.29, 1.82) is 0 Å². The summed E-state index contributed by atoms with van der Waals surface area (Å²) in [7, 11) is 0. The highest BCUT2D eigenvalue weighted by atomic mass is 16.3. The third kappa shape index (κ3) is 8.96. The van der Waals surface area contributed by atoms with Gasteiger partial charge in [-0.15, -0.1) is 0 Å². The van der Waals surface area contributed by atoms with Crippen LogP contribution in [0.4, 0.5) is 0 Å². The lowest BCUT2D eigenvalue weighted by Crippen LogP contribution is -2.18. The Balaban J connectivity index is 3.68. The van der Waals surface area contributed by atoms with E-state index < -0.39 is 5.60 Å². The molecule has 16 heavy (non-hydrogen) atoms. The van der Waals surface area contributed by atoms with Crippen LogP contribution in [0.2, 0.25) is 0 Å². The molecule has 0 aliphatic carbocycles. The zero-order valence-corrected chi connectivity index (χ0v) is 11.8. The van der Waals surface area contributed by atoms with E-state index in [1.54, 1.807) is 0 Å². The van der Waals surface area contributed by atoms with Crippen LogP contribution in [-0.2, 0) is 0 Å². The van der Waals surface area contributed by atoms with E-state index >= 15 is 0 Å². The highest BCUT2D eigenvalue weighted by Gasteiger charge is 2.11. The first-order chi connectivity index (χ1) is 7.37. The molecule has 0 bridgehead atoms. The molecule has 0 aliphatic heterocycles. The van der Waals surface area contributed by atoms with Gasteiger partial charge in [0.15, 0.2) is 0 Å². The van der Waals surface area contributed by atoms with Gasteiger partial charge in [0, 0.05) is 0 Å². The molecule has 1 nitrogen and oxygen atoms in total. The summed E-state index contributed by atoms with van der Waals surface area (Å²) in [4.78, 5) is 0. The smallest absolute Gasteiger partial charge is 0.0797 e. The molecule has 0 spiro atoms. The van der Waals surface area contributed by atoms with Gasteiger partial charge in [-0.05, 0) is 31.6 Å². The third-order valence-electron chi connectivity index (χ3n) is 3.21. The second-order valence-corrected chi connectivity index (χ2v) is 5.78. The second-order valence-electron chi connectivity index (χ2n) is 5.78. The molecule has 0 rings (SSSR count). The largest absolute Gasteiger partial charge is 0.386 e. The molecule has 0 aromatic heterocycles. The fourth-order valence-corrected chi connectivity index (χ4v) is 1.66. The van der Waals surface area contributed by atoms with E-state index in [4.69, 9.17) is 0 Å². The Morgan fingerprint density at radius 1 is 1.19 bits per heavy atom. The first-order valence-corrected chi connectivity index (χ1v) is 6.77. The molecular formula is C15H30O. The highest BCUT2D eigenvalue weighted by Crippen LogP contribution is 2.17. The predicted octanol–water partition coefficient (Wildman–Crippen LogP) is 4.56. The molecule has 0 saturated heterocycles. The van der Waals surface area contributed by atoms with Gasteiger partial charge in [0.1, 0.15) is 0 Å². The van der Waals surface area contributed by atoms with E-state index in [0.29, 0.717) is 0 Å². The molecule has 0 saturated carbocycles. The first kappa shape index (κ1) is 15.7. The SMILES string of the molecule is CCC(C)(O)C=CCC(C)CCCC(C)C. The standard InChI is InChI=1S/C15H30O/c1-6-15(5,16)12-8-11-14(4)10-7-9-13(2)3/h8,12-14,16H,6-7,9-11H2,1-5H3. The minimum absolute atomic E-state index is 0.613. The summed E-state index contributed by atoms with van der Waals surface area (Å²) < 4.78 is 0. The predicted molar refractivity (Wildman–Crippen MR) is 72.5 cm³/mol. The third-order valence-corrected chi connectivity index (χ3v) is 3.21. The van der Waals surface area contributed by atoms with Crippen molar-refractivity contribution in [2.75, 3.05) is 0 Å². The van der Waals surface area contributed by atoms with Crippen molar-refractivity contribution in [3.63, 3.8) is 0 Å². The van der Waals surface area contributed by atoms with E-state index in [-0.39, 0.29) is 0 Å². The lowest BCUT2D eigenvalue weighted by atomic mass is 9.95. The lowest BCUT2D eigenvalue weighted by molar-refractivity contribution is 0.107. The van der Waals surface area contributed by atoms with Crippen molar-refractivity contribution < 1.29 is 5.11 Å². The molecule has 0 fully saturated rings. The van der Waals surface area contributed by atoms with Gasteiger partial charge in [-0.3, -0.25) is 0 Å². The zero-order chi connectivity index (χ0) is 12.6. The Labute approximate surface area is 102 Å². The van der Waals surface area contributed by atoms with Crippen molar-refractivity contribution >= 4 is 0 Å². The summed E-state index contributed by atoms with van der Waals surface area (Å²) in [6.07, 6.45) is 9.93. The van der Waals surface area contributed by atoms with Gasteiger partial charge in [-0.25, -0.2) is 0 Å².